The largest absolute Gasteiger partial charge is 0.464 e. The second-order valence-corrected chi connectivity index (χ2v) is 2.83. The molecule has 1 N–H and O–H groups in total. The lowest BCUT2D eigenvalue weighted by Crippen LogP contribution is -2.14. The number of aryl methyl sites for hydroxylation is 1. The van der Waals surface area contributed by atoms with Crippen LogP contribution in [-0.2, 0) is 0 Å². The number of hydrogen-bond donors (Lipinski definition) is 1. The van der Waals surface area contributed by atoms with E-state index in [2.05, 4.69) is 15.1 Å². The first-order valence-electron chi connectivity index (χ1n) is 4.30. The van der Waals surface area contributed by atoms with Crippen LogP contribution >= 0.6 is 0 Å². The Labute approximate surface area is 79.5 Å². The topological polar surface area (TPSA) is 72.3 Å². The van der Waals surface area contributed by atoms with Gasteiger partial charge in [-0.1, -0.05) is 0 Å². The van der Waals surface area contributed by atoms with Gasteiger partial charge in [0.05, 0.1) is 6.61 Å². The average Bonchev–Trinajstić information content (AvgIpc) is 2.48. The first-order valence-corrected chi connectivity index (χ1v) is 4.30. The van der Waals surface area contributed by atoms with Gasteiger partial charge in [-0.3, -0.25) is 4.79 Å². The van der Waals surface area contributed by atoms with Crippen molar-refractivity contribution in [1.82, 2.24) is 19.6 Å². The molecular formula is C8H10N4O2. The highest BCUT2D eigenvalue weighted by atomic mass is 16.5. The summed E-state index contributed by atoms with van der Waals surface area (Å²) < 4.78 is 6.37. The van der Waals surface area contributed by atoms with Crippen molar-refractivity contribution in [3.8, 4) is 6.01 Å². The molecule has 0 aliphatic heterocycles. The van der Waals surface area contributed by atoms with Gasteiger partial charge in [0.1, 0.15) is 0 Å². The molecule has 0 spiro atoms. The molecule has 2 aromatic heterocycles. The molecule has 0 fully saturated rings. The number of aromatic amines is 1. The van der Waals surface area contributed by atoms with Crippen LogP contribution in [0.25, 0.3) is 5.78 Å². The van der Waals surface area contributed by atoms with Crippen LogP contribution in [0.3, 0.4) is 0 Å². The van der Waals surface area contributed by atoms with E-state index < -0.39 is 0 Å². The maximum Gasteiger partial charge on any atom is 0.312 e. The van der Waals surface area contributed by atoms with Gasteiger partial charge in [0.2, 0.25) is 0 Å². The Hall–Kier alpha value is -1.85. The van der Waals surface area contributed by atoms with E-state index in [4.69, 9.17) is 4.74 Å². The minimum Gasteiger partial charge on any atom is -0.464 e. The summed E-state index contributed by atoms with van der Waals surface area (Å²) in [6, 6.07) is 1.74. The van der Waals surface area contributed by atoms with E-state index in [1.165, 1.54) is 10.6 Å². The Kier molecular flexibility index (Phi) is 1.95. The summed E-state index contributed by atoms with van der Waals surface area (Å²) >= 11 is 0. The second-order valence-electron chi connectivity index (χ2n) is 2.83. The monoisotopic (exact) mass is 194 g/mol. The number of ether oxygens (including phenoxy) is 1. The van der Waals surface area contributed by atoms with Crippen molar-refractivity contribution in [2.24, 2.45) is 0 Å². The van der Waals surface area contributed by atoms with E-state index in [0.29, 0.717) is 24.1 Å². The summed E-state index contributed by atoms with van der Waals surface area (Å²) in [6.07, 6.45) is 0. The molecule has 0 saturated heterocycles. The van der Waals surface area contributed by atoms with Gasteiger partial charge < -0.3 is 4.74 Å². The van der Waals surface area contributed by atoms with Crippen LogP contribution in [0.1, 0.15) is 12.6 Å². The molecule has 6 nitrogen and oxygen atoms in total. The van der Waals surface area contributed by atoms with Gasteiger partial charge in [-0.15, -0.1) is 0 Å². The van der Waals surface area contributed by atoms with E-state index >= 15 is 0 Å². The third-order valence-corrected chi connectivity index (χ3v) is 1.72. The molecule has 74 valence electrons. The average molecular weight is 194 g/mol. The predicted octanol–water partition coefficient (Wildman–Crippen LogP) is 0.125. The zero-order chi connectivity index (χ0) is 10.1. The van der Waals surface area contributed by atoms with Gasteiger partial charge in [-0.25, -0.2) is 10.1 Å². The minimum atomic E-state index is -0.189. The van der Waals surface area contributed by atoms with Gasteiger partial charge in [0, 0.05) is 11.8 Å². The lowest BCUT2D eigenvalue weighted by Gasteiger charge is -1.92. The van der Waals surface area contributed by atoms with Crippen molar-refractivity contribution in [3.63, 3.8) is 0 Å². The van der Waals surface area contributed by atoms with Crippen molar-refractivity contribution in [1.29, 1.82) is 0 Å². The van der Waals surface area contributed by atoms with Gasteiger partial charge in [-0.05, 0) is 13.8 Å². The molecule has 0 atom stereocenters. The normalized spacial score (nSPS) is 10.7. The number of nitrogens with zero attached hydrogens (tertiary/aromatic N) is 3. The number of nitrogens with one attached hydrogen (secondary N) is 1. The number of H-pyrrole nitrogens is 1. The van der Waals surface area contributed by atoms with Crippen LogP contribution in [0.2, 0.25) is 0 Å². The number of fused-ring (bicyclic) bond motifs is 1. The van der Waals surface area contributed by atoms with Crippen LogP contribution in [0.5, 0.6) is 6.01 Å². The van der Waals surface area contributed by atoms with Crippen LogP contribution < -0.4 is 10.3 Å². The van der Waals surface area contributed by atoms with Crippen molar-refractivity contribution in [3.05, 3.63) is 22.1 Å². The fraction of sp³-hybridized carbons (Fsp3) is 0.375. The smallest absolute Gasteiger partial charge is 0.312 e. The van der Waals surface area contributed by atoms with Crippen LogP contribution in [0.15, 0.2) is 10.9 Å². The highest BCUT2D eigenvalue weighted by Crippen LogP contribution is 2.02. The first kappa shape index (κ1) is 8.74. The Balaban J connectivity index is 2.65. The van der Waals surface area contributed by atoms with Crippen molar-refractivity contribution >= 4 is 5.78 Å². The Morgan fingerprint density at radius 3 is 3.07 bits per heavy atom. The molecule has 0 amide bonds. The van der Waals surface area contributed by atoms with Crippen LogP contribution in [-0.4, -0.2) is 26.2 Å². The zero-order valence-corrected chi connectivity index (χ0v) is 7.94. The van der Waals surface area contributed by atoms with Crippen molar-refractivity contribution in [2.75, 3.05) is 6.61 Å². The third-order valence-electron chi connectivity index (χ3n) is 1.72. The van der Waals surface area contributed by atoms with E-state index in [1.54, 1.807) is 6.92 Å². The maximum absolute atomic E-state index is 11.4. The fourth-order valence-corrected chi connectivity index (χ4v) is 1.17. The lowest BCUT2D eigenvalue weighted by molar-refractivity contribution is 0.313. The van der Waals surface area contributed by atoms with Crippen LogP contribution in [0.4, 0.5) is 0 Å². The summed E-state index contributed by atoms with van der Waals surface area (Å²) in [6.45, 7) is 4.08. The molecule has 0 aliphatic carbocycles. The van der Waals surface area contributed by atoms with Gasteiger partial charge in [-0.2, -0.15) is 9.50 Å². The highest BCUT2D eigenvalue weighted by Gasteiger charge is 2.05. The molecule has 6 heteroatoms. The molecule has 0 aliphatic rings. The quantitative estimate of drug-likeness (QED) is 0.737. The van der Waals surface area contributed by atoms with E-state index in [0.717, 1.165) is 0 Å². The molecule has 2 heterocycles. The van der Waals surface area contributed by atoms with Crippen molar-refractivity contribution in [2.45, 2.75) is 13.8 Å². The molecule has 0 bridgehead atoms. The highest BCUT2D eigenvalue weighted by molar-refractivity contribution is 5.28. The third kappa shape index (κ3) is 1.34. The standard InChI is InChI=1S/C8H10N4O2/c1-3-14-8-10-7-9-5(2)4-6(13)12(7)11-8/h4H,3H2,1-2H3,(H,9,10,11). The Morgan fingerprint density at radius 1 is 1.57 bits per heavy atom. The summed E-state index contributed by atoms with van der Waals surface area (Å²) in [5, 5.41) is 2.70. The SMILES string of the molecule is CCOc1nc2nc(C)cc(=O)n2[nH]1. The number of aromatic nitrogens is 4. The van der Waals surface area contributed by atoms with E-state index in [-0.39, 0.29) is 5.56 Å². The Bertz CT molecular complexity index is 514. The predicted molar refractivity (Wildman–Crippen MR) is 49.5 cm³/mol. The fourth-order valence-electron chi connectivity index (χ4n) is 1.17. The molecule has 2 aromatic rings. The molecule has 2 rings (SSSR count). The summed E-state index contributed by atoms with van der Waals surface area (Å²) in [5.74, 6) is 0.332. The lowest BCUT2D eigenvalue weighted by atomic mass is 10.5. The van der Waals surface area contributed by atoms with E-state index in [9.17, 15) is 4.79 Å². The summed E-state index contributed by atoms with van der Waals surface area (Å²) in [4.78, 5) is 19.5. The molecule has 14 heavy (non-hydrogen) atoms. The first-order chi connectivity index (χ1) is 6.70. The molecule has 0 radical (unpaired) electrons. The number of hydrogen-bond acceptors (Lipinski definition) is 4. The van der Waals surface area contributed by atoms with Gasteiger partial charge in [0.15, 0.2) is 0 Å². The Morgan fingerprint density at radius 2 is 2.36 bits per heavy atom. The second kappa shape index (κ2) is 3.13. The maximum atomic E-state index is 11.4. The molecule has 0 unspecified atom stereocenters. The van der Waals surface area contributed by atoms with Crippen LogP contribution in [0, 0.1) is 6.92 Å². The summed E-state index contributed by atoms with van der Waals surface area (Å²) in [7, 11) is 0. The zero-order valence-electron chi connectivity index (χ0n) is 7.94. The van der Waals surface area contributed by atoms with Crippen molar-refractivity contribution < 1.29 is 4.74 Å². The van der Waals surface area contributed by atoms with Gasteiger partial charge in [0.25, 0.3) is 11.3 Å². The number of rotatable bonds is 2. The molecule has 0 saturated carbocycles. The molecule has 0 aromatic carbocycles. The molecular weight excluding hydrogens is 184 g/mol. The minimum absolute atomic E-state index is 0.189. The summed E-state index contributed by atoms with van der Waals surface area (Å²) in [5.41, 5.74) is 0.454. The van der Waals surface area contributed by atoms with Gasteiger partial charge >= 0.3 is 6.01 Å². The van der Waals surface area contributed by atoms with E-state index in [1.807, 2.05) is 6.92 Å².